The summed E-state index contributed by atoms with van der Waals surface area (Å²) in [5.41, 5.74) is 7.50. The summed E-state index contributed by atoms with van der Waals surface area (Å²) >= 11 is 0. The Bertz CT molecular complexity index is 566. The van der Waals surface area contributed by atoms with E-state index in [-0.39, 0.29) is 0 Å². The number of nitrogens with one attached hydrogen (secondary N) is 1. The minimum atomic E-state index is 0.535. The molecule has 1 aromatic heterocycles. The highest BCUT2D eigenvalue weighted by Crippen LogP contribution is 2.19. The Hall–Kier alpha value is -2.41. The van der Waals surface area contributed by atoms with Crippen LogP contribution in [0.3, 0.4) is 0 Å². The van der Waals surface area contributed by atoms with Crippen LogP contribution in [-0.4, -0.2) is 0 Å². The fourth-order valence-corrected chi connectivity index (χ4v) is 1.57. The van der Waals surface area contributed by atoms with Gasteiger partial charge in [0.1, 0.15) is 17.6 Å². The molecule has 0 saturated heterocycles. The molecule has 0 unspecified atom stereocenters. The maximum Gasteiger partial charge on any atom is 0.123 e. The Balaban J connectivity index is 2.12. The predicted molar refractivity (Wildman–Crippen MR) is 66.3 cm³/mol. The summed E-state index contributed by atoms with van der Waals surface area (Å²) in [5, 5.41) is 12.1. The molecule has 2 rings (SSSR count). The number of nitriles is 1. The quantitative estimate of drug-likeness (QED) is 0.790. The van der Waals surface area contributed by atoms with E-state index in [1.165, 1.54) is 0 Å². The molecule has 2 aromatic rings. The fourth-order valence-electron chi connectivity index (χ4n) is 1.57. The summed E-state index contributed by atoms with van der Waals surface area (Å²) in [5.74, 6) is 1.71. The van der Waals surface area contributed by atoms with Gasteiger partial charge >= 0.3 is 0 Å². The third-order valence-electron chi connectivity index (χ3n) is 2.41. The van der Waals surface area contributed by atoms with Crippen LogP contribution in [0.25, 0.3) is 0 Å². The molecule has 4 nitrogen and oxygen atoms in total. The maximum absolute atomic E-state index is 8.98. The number of hydrogen-bond donors (Lipinski definition) is 2. The van der Waals surface area contributed by atoms with Crippen LogP contribution in [0.4, 0.5) is 11.4 Å². The van der Waals surface area contributed by atoms with Gasteiger partial charge in [0.05, 0.1) is 17.8 Å². The largest absolute Gasteiger partial charge is 0.465 e. The van der Waals surface area contributed by atoms with Gasteiger partial charge in [-0.3, -0.25) is 0 Å². The van der Waals surface area contributed by atoms with Gasteiger partial charge in [0.2, 0.25) is 0 Å². The van der Waals surface area contributed by atoms with Crippen molar-refractivity contribution in [2.45, 2.75) is 13.5 Å². The van der Waals surface area contributed by atoms with Crippen molar-refractivity contribution in [1.29, 1.82) is 5.26 Å². The highest BCUT2D eigenvalue weighted by molar-refractivity contribution is 5.62. The zero-order valence-corrected chi connectivity index (χ0v) is 9.53. The number of nitrogen functional groups attached to an aromatic ring is 1. The van der Waals surface area contributed by atoms with Crippen LogP contribution in [0.15, 0.2) is 34.7 Å². The first-order valence-corrected chi connectivity index (χ1v) is 5.28. The van der Waals surface area contributed by atoms with Gasteiger partial charge < -0.3 is 15.5 Å². The Kier molecular flexibility index (Phi) is 3.01. The van der Waals surface area contributed by atoms with Crippen LogP contribution in [0.2, 0.25) is 0 Å². The van der Waals surface area contributed by atoms with Crippen LogP contribution in [0.1, 0.15) is 17.1 Å². The number of furan rings is 1. The number of benzene rings is 1. The molecule has 0 aliphatic heterocycles. The van der Waals surface area contributed by atoms with E-state index in [0.29, 0.717) is 17.8 Å². The lowest BCUT2D eigenvalue weighted by molar-refractivity contribution is 0.490. The molecule has 0 amide bonds. The molecule has 86 valence electrons. The first-order valence-electron chi connectivity index (χ1n) is 5.28. The van der Waals surface area contributed by atoms with Gasteiger partial charge in [-0.15, -0.1) is 0 Å². The van der Waals surface area contributed by atoms with Crippen LogP contribution in [0, 0.1) is 18.3 Å². The summed E-state index contributed by atoms with van der Waals surface area (Å²) in [4.78, 5) is 0. The molecular formula is C13H13N3O. The van der Waals surface area contributed by atoms with Crippen LogP contribution in [0.5, 0.6) is 0 Å². The molecule has 1 aromatic carbocycles. The first-order chi connectivity index (χ1) is 8.19. The number of hydrogen-bond acceptors (Lipinski definition) is 4. The SMILES string of the molecule is Cc1ccc(CNc2ccc(N)cc2C#N)o1. The first kappa shape index (κ1) is 11.1. The molecule has 0 atom stereocenters. The van der Waals surface area contributed by atoms with Crippen molar-refractivity contribution >= 4 is 11.4 Å². The number of aryl methyl sites for hydroxylation is 1. The second-order valence-corrected chi connectivity index (χ2v) is 3.78. The molecule has 0 bridgehead atoms. The minimum absolute atomic E-state index is 0.535. The third kappa shape index (κ3) is 2.58. The van der Waals surface area contributed by atoms with Crippen molar-refractivity contribution in [2.24, 2.45) is 0 Å². The van der Waals surface area contributed by atoms with Crippen LogP contribution < -0.4 is 11.1 Å². The van der Waals surface area contributed by atoms with Crippen LogP contribution in [-0.2, 0) is 6.54 Å². The molecule has 0 fully saturated rings. The summed E-state index contributed by atoms with van der Waals surface area (Å²) in [6.45, 7) is 2.44. The molecule has 0 aliphatic carbocycles. The lowest BCUT2D eigenvalue weighted by atomic mass is 10.1. The fraction of sp³-hybridized carbons (Fsp3) is 0.154. The number of nitrogens with two attached hydrogens (primary N) is 1. The molecule has 0 radical (unpaired) electrons. The number of rotatable bonds is 3. The van der Waals surface area contributed by atoms with Gasteiger partial charge in [0.25, 0.3) is 0 Å². The van der Waals surface area contributed by atoms with E-state index >= 15 is 0 Å². The Morgan fingerprint density at radius 3 is 2.82 bits per heavy atom. The molecule has 0 aliphatic rings. The van der Waals surface area contributed by atoms with Gasteiger partial charge in [0, 0.05) is 5.69 Å². The maximum atomic E-state index is 8.98. The topological polar surface area (TPSA) is 75.0 Å². The second kappa shape index (κ2) is 4.62. The Morgan fingerprint density at radius 1 is 1.35 bits per heavy atom. The zero-order chi connectivity index (χ0) is 12.3. The van der Waals surface area contributed by atoms with E-state index in [0.717, 1.165) is 17.2 Å². The molecule has 4 heteroatoms. The summed E-state index contributed by atoms with van der Waals surface area (Å²) in [6.07, 6.45) is 0. The monoisotopic (exact) mass is 227 g/mol. The zero-order valence-electron chi connectivity index (χ0n) is 9.53. The highest BCUT2D eigenvalue weighted by atomic mass is 16.3. The molecule has 1 heterocycles. The van der Waals surface area contributed by atoms with E-state index < -0.39 is 0 Å². The Morgan fingerprint density at radius 2 is 2.18 bits per heavy atom. The van der Waals surface area contributed by atoms with E-state index in [9.17, 15) is 0 Å². The smallest absolute Gasteiger partial charge is 0.123 e. The number of anilines is 2. The van der Waals surface area contributed by atoms with Gasteiger partial charge in [-0.05, 0) is 37.3 Å². The van der Waals surface area contributed by atoms with Gasteiger partial charge in [-0.2, -0.15) is 5.26 Å². The normalized spacial score (nSPS) is 9.88. The van der Waals surface area contributed by atoms with E-state index in [2.05, 4.69) is 11.4 Å². The minimum Gasteiger partial charge on any atom is -0.465 e. The molecule has 0 spiro atoms. The molecule has 3 N–H and O–H groups in total. The third-order valence-corrected chi connectivity index (χ3v) is 2.41. The van der Waals surface area contributed by atoms with E-state index in [1.807, 2.05) is 19.1 Å². The average Bonchev–Trinajstić information content (AvgIpc) is 2.73. The molecular weight excluding hydrogens is 214 g/mol. The predicted octanol–water partition coefficient (Wildman–Crippen LogP) is 2.65. The molecule has 0 saturated carbocycles. The van der Waals surface area contributed by atoms with E-state index in [1.54, 1.807) is 18.2 Å². The highest BCUT2D eigenvalue weighted by Gasteiger charge is 2.03. The van der Waals surface area contributed by atoms with Gasteiger partial charge in [0.15, 0.2) is 0 Å². The lowest BCUT2D eigenvalue weighted by Crippen LogP contribution is -2.01. The average molecular weight is 227 g/mol. The summed E-state index contributed by atoms with van der Waals surface area (Å²) < 4.78 is 5.43. The Labute approximate surface area is 99.7 Å². The second-order valence-electron chi connectivity index (χ2n) is 3.78. The van der Waals surface area contributed by atoms with Crippen LogP contribution >= 0.6 is 0 Å². The van der Waals surface area contributed by atoms with E-state index in [4.69, 9.17) is 15.4 Å². The summed E-state index contributed by atoms with van der Waals surface area (Å²) in [6, 6.07) is 11.1. The van der Waals surface area contributed by atoms with Crippen molar-refractivity contribution in [3.63, 3.8) is 0 Å². The van der Waals surface area contributed by atoms with Crippen molar-refractivity contribution in [3.05, 3.63) is 47.4 Å². The lowest BCUT2D eigenvalue weighted by Gasteiger charge is -2.07. The number of nitrogens with zero attached hydrogens (tertiary/aromatic N) is 1. The molecule has 17 heavy (non-hydrogen) atoms. The van der Waals surface area contributed by atoms with Crippen molar-refractivity contribution in [2.75, 3.05) is 11.1 Å². The van der Waals surface area contributed by atoms with Crippen molar-refractivity contribution in [3.8, 4) is 6.07 Å². The summed E-state index contributed by atoms with van der Waals surface area (Å²) in [7, 11) is 0. The standard InChI is InChI=1S/C13H13N3O/c1-9-2-4-12(17-9)8-16-13-5-3-11(15)6-10(13)7-14/h2-6,16H,8,15H2,1H3. The van der Waals surface area contributed by atoms with Gasteiger partial charge in [-0.25, -0.2) is 0 Å². The van der Waals surface area contributed by atoms with Gasteiger partial charge in [-0.1, -0.05) is 0 Å². The van der Waals surface area contributed by atoms with Crippen molar-refractivity contribution < 1.29 is 4.42 Å². The van der Waals surface area contributed by atoms with Crippen molar-refractivity contribution in [1.82, 2.24) is 0 Å².